The van der Waals surface area contributed by atoms with E-state index in [2.05, 4.69) is 0 Å². The Kier molecular flexibility index (Phi) is 5.76. The van der Waals surface area contributed by atoms with Gasteiger partial charge >= 0.3 is 0 Å². The van der Waals surface area contributed by atoms with Crippen LogP contribution in [-0.4, -0.2) is 50.2 Å². The lowest BCUT2D eigenvalue weighted by atomic mass is 9.98. The fourth-order valence-corrected chi connectivity index (χ4v) is 5.00. The van der Waals surface area contributed by atoms with Crippen LogP contribution in [0.25, 0.3) is 11.0 Å². The van der Waals surface area contributed by atoms with Crippen LogP contribution >= 0.6 is 11.6 Å². The lowest BCUT2D eigenvalue weighted by Gasteiger charge is -2.27. The van der Waals surface area contributed by atoms with Gasteiger partial charge in [-0.25, -0.2) is 0 Å². The van der Waals surface area contributed by atoms with Crippen molar-refractivity contribution in [3.63, 3.8) is 0 Å². The van der Waals surface area contributed by atoms with Crippen LogP contribution in [0.5, 0.6) is 0 Å². The van der Waals surface area contributed by atoms with Gasteiger partial charge in [0, 0.05) is 18.0 Å². The standard InChI is InChI=1S/C25H25ClN2O4/c1-16-6-7-20-19(14-16)23(29)21-22(17-4-2-5-18(26)15-17)28(25(30)24(21)32-20)9-3-8-27-10-12-31-13-11-27/h2,4-7,14-15,22H,3,8-13H2,1H3/p+1/t22-/m1/s1. The zero-order chi connectivity index (χ0) is 22.2. The summed E-state index contributed by atoms with van der Waals surface area (Å²) in [6.45, 7) is 6.95. The van der Waals surface area contributed by atoms with Gasteiger partial charge in [0.15, 0.2) is 5.43 Å². The summed E-state index contributed by atoms with van der Waals surface area (Å²) in [7, 11) is 0. The van der Waals surface area contributed by atoms with E-state index in [0.717, 1.165) is 50.4 Å². The molecule has 3 aromatic rings. The fraction of sp³-hybridized carbons (Fsp3) is 0.360. The molecule has 2 aromatic carbocycles. The predicted molar refractivity (Wildman–Crippen MR) is 123 cm³/mol. The molecule has 0 saturated carbocycles. The quantitative estimate of drug-likeness (QED) is 0.645. The largest absolute Gasteiger partial charge is 0.450 e. The first-order valence-electron chi connectivity index (χ1n) is 11.1. The molecule has 0 radical (unpaired) electrons. The minimum absolute atomic E-state index is 0.148. The van der Waals surface area contributed by atoms with E-state index in [1.807, 2.05) is 37.3 Å². The monoisotopic (exact) mass is 453 g/mol. The fourth-order valence-electron chi connectivity index (χ4n) is 4.80. The van der Waals surface area contributed by atoms with E-state index in [1.165, 1.54) is 4.90 Å². The Morgan fingerprint density at radius 2 is 1.94 bits per heavy atom. The first-order valence-corrected chi connectivity index (χ1v) is 11.5. The minimum atomic E-state index is -0.503. The Labute approximate surface area is 191 Å². The number of nitrogens with one attached hydrogen (secondary N) is 1. The molecule has 1 aromatic heterocycles. The number of quaternary nitrogens is 1. The molecule has 7 heteroatoms. The summed E-state index contributed by atoms with van der Waals surface area (Å²) in [4.78, 5) is 30.3. The van der Waals surface area contributed by atoms with Gasteiger partial charge in [0.25, 0.3) is 5.91 Å². The van der Waals surface area contributed by atoms with Gasteiger partial charge in [-0.15, -0.1) is 0 Å². The summed E-state index contributed by atoms with van der Waals surface area (Å²) in [5, 5.41) is 1.07. The minimum Gasteiger partial charge on any atom is -0.450 e. The molecular weight excluding hydrogens is 428 g/mol. The number of carbonyl (C=O) groups is 1. The van der Waals surface area contributed by atoms with Crippen LogP contribution in [0.15, 0.2) is 51.7 Å². The smallest absolute Gasteiger partial charge is 0.290 e. The van der Waals surface area contributed by atoms with E-state index in [0.29, 0.717) is 28.1 Å². The third-order valence-corrected chi connectivity index (χ3v) is 6.65. The first-order chi connectivity index (χ1) is 15.5. The van der Waals surface area contributed by atoms with Crippen molar-refractivity contribution >= 4 is 28.5 Å². The van der Waals surface area contributed by atoms with Gasteiger partial charge in [-0.1, -0.05) is 35.4 Å². The van der Waals surface area contributed by atoms with Gasteiger partial charge in [-0.05, 0) is 36.8 Å². The van der Waals surface area contributed by atoms with Crippen LogP contribution in [0, 0.1) is 6.92 Å². The molecule has 2 aliphatic rings. The number of aryl methyl sites for hydroxylation is 1. The number of hydrogen-bond acceptors (Lipinski definition) is 4. The predicted octanol–water partition coefficient (Wildman–Crippen LogP) is 2.61. The van der Waals surface area contributed by atoms with Gasteiger partial charge in [-0.3, -0.25) is 9.59 Å². The van der Waals surface area contributed by atoms with Gasteiger partial charge in [-0.2, -0.15) is 0 Å². The molecule has 1 fully saturated rings. The van der Waals surface area contributed by atoms with E-state index in [-0.39, 0.29) is 17.1 Å². The number of fused-ring (bicyclic) bond motifs is 2. The molecule has 1 N–H and O–H groups in total. The average Bonchev–Trinajstić information content (AvgIpc) is 3.07. The molecule has 5 rings (SSSR count). The SMILES string of the molecule is Cc1ccc2oc3c(c(=O)c2c1)[C@@H](c1cccc(Cl)c1)N(CCC[NH+]1CCOCC1)C3=O. The van der Waals surface area contributed by atoms with Crippen molar-refractivity contribution in [3.8, 4) is 0 Å². The highest BCUT2D eigenvalue weighted by Gasteiger charge is 2.42. The second-order valence-corrected chi connectivity index (χ2v) is 9.03. The highest BCUT2D eigenvalue weighted by Crippen LogP contribution is 2.38. The number of hydrogen-bond donors (Lipinski definition) is 1. The Bertz CT molecular complexity index is 1230. The Morgan fingerprint density at radius 1 is 1.12 bits per heavy atom. The van der Waals surface area contributed by atoms with Gasteiger partial charge in [0.05, 0.1) is 36.8 Å². The van der Waals surface area contributed by atoms with E-state index >= 15 is 0 Å². The topological polar surface area (TPSA) is 64.2 Å². The number of halogens is 1. The molecule has 0 aliphatic carbocycles. The van der Waals surface area contributed by atoms with Crippen molar-refractivity contribution in [1.82, 2.24) is 4.90 Å². The van der Waals surface area contributed by atoms with Crippen molar-refractivity contribution in [3.05, 3.63) is 80.2 Å². The van der Waals surface area contributed by atoms with E-state index in [4.69, 9.17) is 20.8 Å². The molecule has 166 valence electrons. The normalized spacial score (nSPS) is 19.0. The van der Waals surface area contributed by atoms with Crippen molar-refractivity contribution in [2.45, 2.75) is 19.4 Å². The van der Waals surface area contributed by atoms with Crippen molar-refractivity contribution in [1.29, 1.82) is 0 Å². The lowest BCUT2D eigenvalue weighted by Crippen LogP contribution is -3.14. The summed E-state index contributed by atoms with van der Waals surface area (Å²) in [5.74, 6) is -0.0865. The van der Waals surface area contributed by atoms with Crippen LogP contribution in [0.1, 0.15) is 39.7 Å². The van der Waals surface area contributed by atoms with E-state index in [1.54, 1.807) is 17.0 Å². The second-order valence-electron chi connectivity index (χ2n) is 8.60. The maximum absolute atomic E-state index is 13.6. The van der Waals surface area contributed by atoms with Gasteiger partial charge in [0.2, 0.25) is 5.76 Å². The zero-order valence-corrected chi connectivity index (χ0v) is 18.8. The molecule has 32 heavy (non-hydrogen) atoms. The molecule has 2 aliphatic heterocycles. The molecular formula is C25H26ClN2O4+. The highest BCUT2D eigenvalue weighted by molar-refractivity contribution is 6.30. The molecule has 1 atom stereocenters. The number of rotatable bonds is 5. The number of nitrogens with zero attached hydrogens (tertiary/aromatic N) is 1. The van der Waals surface area contributed by atoms with Crippen LogP contribution in [0.3, 0.4) is 0 Å². The number of benzene rings is 2. The number of amides is 1. The summed E-state index contributed by atoms with van der Waals surface area (Å²) < 4.78 is 11.5. The van der Waals surface area contributed by atoms with Crippen molar-refractivity contribution in [2.24, 2.45) is 0 Å². The molecule has 0 spiro atoms. The van der Waals surface area contributed by atoms with Crippen molar-refractivity contribution in [2.75, 3.05) is 39.4 Å². The second kappa shape index (κ2) is 8.70. The number of ether oxygens (including phenoxy) is 1. The van der Waals surface area contributed by atoms with Crippen LogP contribution < -0.4 is 10.3 Å². The van der Waals surface area contributed by atoms with Crippen LogP contribution in [0.2, 0.25) is 5.02 Å². The number of carbonyl (C=O) groups excluding carboxylic acids is 1. The summed E-state index contributed by atoms with van der Waals surface area (Å²) in [6.07, 6.45) is 0.832. The summed E-state index contributed by atoms with van der Waals surface area (Å²) in [6, 6.07) is 12.4. The van der Waals surface area contributed by atoms with Crippen LogP contribution in [-0.2, 0) is 4.74 Å². The number of morpholine rings is 1. The lowest BCUT2D eigenvalue weighted by molar-refractivity contribution is -0.908. The Hall–Kier alpha value is -2.67. The van der Waals surface area contributed by atoms with Gasteiger partial charge in [0.1, 0.15) is 18.7 Å². The third-order valence-electron chi connectivity index (χ3n) is 6.41. The van der Waals surface area contributed by atoms with E-state index in [9.17, 15) is 9.59 Å². The molecule has 3 heterocycles. The molecule has 1 amide bonds. The van der Waals surface area contributed by atoms with Gasteiger partial charge < -0.3 is 19.0 Å². The van der Waals surface area contributed by atoms with E-state index < -0.39 is 6.04 Å². The van der Waals surface area contributed by atoms with Crippen LogP contribution in [0.4, 0.5) is 0 Å². The zero-order valence-electron chi connectivity index (χ0n) is 18.0. The molecule has 0 unspecified atom stereocenters. The average molecular weight is 454 g/mol. The summed E-state index contributed by atoms with van der Waals surface area (Å²) in [5.41, 5.74) is 2.50. The Balaban J connectivity index is 1.54. The highest BCUT2D eigenvalue weighted by atomic mass is 35.5. The molecule has 1 saturated heterocycles. The molecule has 0 bridgehead atoms. The first kappa shape index (κ1) is 21.2. The maximum atomic E-state index is 13.6. The molecule has 6 nitrogen and oxygen atoms in total. The maximum Gasteiger partial charge on any atom is 0.290 e. The van der Waals surface area contributed by atoms with Crippen molar-refractivity contribution < 1.29 is 18.8 Å². The third kappa shape index (κ3) is 3.83. The summed E-state index contributed by atoms with van der Waals surface area (Å²) >= 11 is 6.28. The Morgan fingerprint density at radius 3 is 2.72 bits per heavy atom.